The summed E-state index contributed by atoms with van der Waals surface area (Å²) in [4.78, 5) is 66.0. The van der Waals surface area contributed by atoms with Crippen molar-refractivity contribution in [1.29, 1.82) is 0 Å². The van der Waals surface area contributed by atoms with Crippen LogP contribution in [0.2, 0.25) is 0 Å². The van der Waals surface area contributed by atoms with E-state index in [1.165, 1.54) is 0 Å². The van der Waals surface area contributed by atoms with Gasteiger partial charge >= 0.3 is 5.97 Å². The Morgan fingerprint density at radius 1 is 0.902 bits per heavy atom. The van der Waals surface area contributed by atoms with Crippen LogP contribution in [0.1, 0.15) is 57.9 Å². The van der Waals surface area contributed by atoms with E-state index in [2.05, 4.69) is 20.9 Å². The average molecular weight is 574 g/mol. The number of rotatable bonds is 18. The molecule has 0 radical (unpaired) electrons. The number of nitrogens with one attached hydrogen (secondary N) is 4. The Morgan fingerprint density at radius 2 is 1.54 bits per heavy atom. The molecule has 4 unspecified atom stereocenters. The molecule has 1 aromatic heterocycles. The number of nitrogens with two attached hydrogens (primary N) is 3. The number of carboxylic acids is 1. The molecule has 2 aromatic rings. The highest BCUT2D eigenvalue weighted by atomic mass is 16.4. The molecule has 0 saturated heterocycles. The van der Waals surface area contributed by atoms with E-state index in [4.69, 9.17) is 17.2 Å². The largest absolute Gasteiger partial charge is 0.480 e. The topological polar surface area (TPSA) is 236 Å². The Hall–Kier alpha value is -3.97. The van der Waals surface area contributed by atoms with Crippen LogP contribution in [0.5, 0.6) is 0 Å². The number of carboxylic acid groups (broad SMARTS) is 1. The van der Waals surface area contributed by atoms with Gasteiger partial charge in [-0.05, 0) is 56.2 Å². The number of aromatic nitrogens is 1. The number of primary amides is 1. The van der Waals surface area contributed by atoms with Crippen LogP contribution in [-0.4, -0.2) is 70.4 Å². The summed E-state index contributed by atoms with van der Waals surface area (Å²) in [5.74, 6) is -3.76. The Kier molecular flexibility index (Phi) is 13.2. The number of carbonyl (C=O) groups excluding carboxylic acids is 4. The second-order valence-corrected chi connectivity index (χ2v) is 10.6. The second-order valence-electron chi connectivity index (χ2n) is 10.6. The van der Waals surface area contributed by atoms with Gasteiger partial charge < -0.3 is 43.2 Å². The molecule has 0 aliphatic heterocycles. The predicted octanol–water partition coefficient (Wildman–Crippen LogP) is 0.0173. The van der Waals surface area contributed by atoms with Gasteiger partial charge in [-0.1, -0.05) is 32.0 Å². The number of aliphatic carboxylic acids is 1. The number of para-hydroxylation sites is 1. The highest BCUT2D eigenvalue weighted by Gasteiger charge is 2.31. The number of hydrogen-bond acceptors (Lipinski definition) is 7. The van der Waals surface area contributed by atoms with Gasteiger partial charge in [0.2, 0.25) is 23.6 Å². The van der Waals surface area contributed by atoms with E-state index in [-0.39, 0.29) is 31.6 Å². The van der Waals surface area contributed by atoms with Gasteiger partial charge in [-0.3, -0.25) is 19.2 Å². The third-order valence-electron chi connectivity index (χ3n) is 6.67. The van der Waals surface area contributed by atoms with Gasteiger partial charge in [0, 0.05) is 29.9 Å². The molecule has 0 bridgehead atoms. The molecule has 0 fully saturated rings. The maximum Gasteiger partial charge on any atom is 0.326 e. The lowest BCUT2D eigenvalue weighted by atomic mass is 10.0. The molecule has 0 saturated carbocycles. The number of carbonyl (C=O) groups is 5. The molecular formula is C28H43N7O6. The average Bonchev–Trinajstić information content (AvgIpc) is 3.31. The predicted molar refractivity (Wildman–Crippen MR) is 154 cm³/mol. The second kappa shape index (κ2) is 16.3. The van der Waals surface area contributed by atoms with Gasteiger partial charge in [-0.15, -0.1) is 0 Å². The van der Waals surface area contributed by atoms with Crippen molar-refractivity contribution in [2.45, 2.75) is 83.0 Å². The Bertz CT molecular complexity index is 1200. The van der Waals surface area contributed by atoms with Crippen LogP contribution in [0.25, 0.3) is 10.9 Å². The summed E-state index contributed by atoms with van der Waals surface area (Å²) < 4.78 is 0. The van der Waals surface area contributed by atoms with Crippen LogP contribution in [0, 0.1) is 5.92 Å². The van der Waals surface area contributed by atoms with Crippen LogP contribution < -0.4 is 33.2 Å². The molecule has 1 heterocycles. The molecule has 2 rings (SSSR count). The van der Waals surface area contributed by atoms with E-state index in [0.29, 0.717) is 31.4 Å². The fraction of sp³-hybridized carbons (Fsp3) is 0.536. The van der Waals surface area contributed by atoms with Crippen molar-refractivity contribution in [3.8, 4) is 0 Å². The van der Waals surface area contributed by atoms with Crippen LogP contribution in [-0.2, 0) is 30.4 Å². The maximum absolute atomic E-state index is 13.4. The number of amides is 4. The molecule has 0 aliphatic carbocycles. The minimum absolute atomic E-state index is 0.0279. The number of fused-ring (bicyclic) bond motifs is 1. The molecule has 13 nitrogen and oxygen atoms in total. The number of benzene rings is 1. The molecule has 13 heteroatoms. The Labute approximate surface area is 239 Å². The molecule has 4 amide bonds. The minimum atomic E-state index is -1.21. The van der Waals surface area contributed by atoms with Crippen LogP contribution in [0.4, 0.5) is 0 Å². The van der Waals surface area contributed by atoms with Gasteiger partial charge in [-0.2, -0.15) is 0 Å². The number of hydrogen-bond donors (Lipinski definition) is 8. The van der Waals surface area contributed by atoms with Gasteiger partial charge in [0.1, 0.15) is 18.1 Å². The molecule has 226 valence electrons. The van der Waals surface area contributed by atoms with Crippen molar-refractivity contribution in [2.24, 2.45) is 23.1 Å². The van der Waals surface area contributed by atoms with E-state index >= 15 is 0 Å². The van der Waals surface area contributed by atoms with Gasteiger partial charge in [0.05, 0.1) is 6.04 Å². The van der Waals surface area contributed by atoms with E-state index in [1.807, 2.05) is 38.1 Å². The molecule has 11 N–H and O–H groups in total. The SMILES string of the molecule is CC(C)CC(N)C(=O)NC(CCC(N)=O)C(=O)NC(Cc1c[nH]c2ccccc12)C(=O)NC(CCCCN)C(=O)O. The first-order valence-electron chi connectivity index (χ1n) is 13.9. The first-order chi connectivity index (χ1) is 19.4. The molecule has 1 aromatic carbocycles. The zero-order valence-corrected chi connectivity index (χ0v) is 23.7. The summed E-state index contributed by atoms with van der Waals surface area (Å²) in [6.07, 6.45) is 3.06. The lowest BCUT2D eigenvalue weighted by molar-refractivity contribution is -0.142. The lowest BCUT2D eigenvalue weighted by Gasteiger charge is -2.25. The normalized spacial score (nSPS) is 14.2. The van der Waals surface area contributed by atoms with Gasteiger partial charge in [-0.25, -0.2) is 4.79 Å². The Balaban J connectivity index is 2.31. The number of aromatic amines is 1. The Morgan fingerprint density at radius 3 is 2.17 bits per heavy atom. The van der Waals surface area contributed by atoms with Crippen molar-refractivity contribution >= 4 is 40.5 Å². The van der Waals surface area contributed by atoms with Crippen molar-refractivity contribution in [1.82, 2.24) is 20.9 Å². The summed E-state index contributed by atoms with van der Waals surface area (Å²) in [5, 5.41) is 18.3. The molecule has 4 atom stereocenters. The first-order valence-corrected chi connectivity index (χ1v) is 13.9. The van der Waals surface area contributed by atoms with Gasteiger partial charge in [0.15, 0.2) is 0 Å². The van der Waals surface area contributed by atoms with E-state index in [9.17, 15) is 29.1 Å². The molecule has 41 heavy (non-hydrogen) atoms. The minimum Gasteiger partial charge on any atom is -0.480 e. The quantitative estimate of drug-likeness (QED) is 0.113. The van der Waals surface area contributed by atoms with E-state index in [0.717, 1.165) is 10.9 Å². The number of H-pyrrole nitrogens is 1. The third kappa shape index (κ3) is 10.8. The van der Waals surface area contributed by atoms with Crippen LogP contribution in [0.15, 0.2) is 30.5 Å². The lowest BCUT2D eigenvalue weighted by Crippen LogP contribution is -2.57. The standard InChI is InChI=1S/C28H43N7O6/c1-16(2)13-19(30)25(37)33-21(10-11-24(31)36)26(38)35-23(14-17-15-32-20-8-4-3-7-18(17)20)27(39)34-22(28(40)41)9-5-6-12-29/h3-4,7-8,15-16,19,21-23,32H,5-6,9-14,29-30H2,1-2H3,(H2,31,36)(H,33,37)(H,34,39)(H,35,38)(H,40,41). The molecule has 0 spiro atoms. The molecular weight excluding hydrogens is 530 g/mol. The van der Waals surface area contributed by atoms with Crippen LogP contribution >= 0.6 is 0 Å². The highest BCUT2D eigenvalue weighted by Crippen LogP contribution is 2.19. The van der Waals surface area contributed by atoms with E-state index in [1.54, 1.807) is 6.20 Å². The van der Waals surface area contributed by atoms with Gasteiger partial charge in [0.25, 0.3) is 0 Å². The van der Waals surface area contributed by atoms with Crippen molar-refractivity contribution in [3.05, 3.63) is 36.0 Å². The number of unbranched alkanes of at least 4 members (excludes halogenated alkanes) is 1. The monoisotopic (exact) mass is 573 g/mol. The van der Waals surface area contributed by atoms with Crippen molar-refractivity contribution < 1.29 is 29.1 Å². The third-order valence-corrected chi connectivity index (χ3v) is 6.67. The zero-order valence-electron chi connectivity index (χ0n) is 23.7. The summed E-state index contributed by atoms with van der Waals surface area (Å²) in [6, 6.07) is 2.94. The summed E-state index contributed by atoms with van der Waals surface area (Å²) >= 11 is 0. The highest BCUT2D eigenvalue weighted by molar-refractivity contribution is 5.95. The van der Waals surface area contributed by atoms with E-state index < -0.39 is 53.8 Å². The smallest absolute Gasteiger partial charge is 0.326 e. The maximum atomic E-state index is 13.4. The van der Waals surface area contributed by atoms with Crippen molar-refractivity contribution in [2.75, 3.05) is 6.54 Å². The van der Waals surface area contributed by atoms with Crippen LogP contribution in [0.3, 0.4) is 0 Å². The fourth-order valence-electron chi connectivity index (χ4n) is 4.47. The summed E-state index contributed by atoms with van der Waals surface area (Å²) in [6.45, 7) is 4.19. The summed E-state index contributed by atoms with van der Waals surface area (Å²) in [7, 11) is 0. The zero-order chi connectivity index (χ0) is 30.5. The molecule has 0 aliphatic rings. The first kappa shape index (κ1) is 33.2. The fourth-order valence-corrected chi connectivity index (χ4v) is 4.47. The summed E-state index contributed by atoms with van der Waals surface area (Å²) in [5.41, 5.74) is 18.3. The van der Waals surface area contributed by atoms with Crippen molar-refractivity contribution in [3.63, 3.8) is 0 Å².